The van der Waals surface area contributed by atoms with Gasteiger partial charge in [-0.25, -0.2) is 13.4 Å². The molecule has 7 nitrogen and oxygen atoms in total. The van der Waals surface area contributed by atoms with E-state index in [2.05, 4.69) is 23.0 Å². The molecule has 0 spiro atoms. The molecule has 0 radical (unpaired) electrons. The molecule has 0 N–H and O–H groups in total. The van der Waals surface area contributed by atoms with Crippen LogP contribution in [-0.2, 0) is 14.6 Å². The fourth-order valence-corrected chi connectivity index (χ4v) is 3.35. The number of hydrogen-bond donors (Lipinski definition) is 0. The van der Waals surface area contributed by atoms with Crippen molar-refractivity contribution in [3.63, 3.8) is 0 Å². The zero-order valence-electron chi connectivity index (χ0n) is 12.4. The summed E-state index contributed by atoms with van der Waals surface area (Å²) in [5.41, 5.74) is 0.921. The SMILES string of the molecule is CC[C@@H]1COC[C@@H]1n1c(C#N)cc2cnc(S(C)(=O)=O)nc21. The molecule has 3 rings (SSSR count). The summed E-state index contributed by atoms with van der Waals surface area (Å²) in [5, 5.41) is 9.82. The van der Waals surface area contributed by atoms with Crippen molar-refractivity contribution in [3.05, 3.63) is 18.0 Å². The molecule has 0 unspecified atom stereocenters. The second kappa shape index (κ2) is 5.34. The number of aromatic nitrogens is 3. The molecule has 2 aromatic heterocycles. The third-order valence-corrected chi connectivity index (χ3v) is 4.88. The topological polar surface area (TPSA) is 97.9 Å². The largest absolute Gasteiger partial charge is 0.379 e. The monoisotopic (exact) mass is 320 g/mol. The lowest BCUT2D eigenvalue weighted by molar-refractivity contribution is 0.180. The third kappa shape index (κ3) is 2.36. The molecule has 8 heteroatoms. The van der Waals surface area contributed by atoms with E-state index in [1.54, 1.807) is 10.6 Å². The molecular formula is C14H16N4O3S. The Hall–Kier alpha value is -1.98. The molecule has 2 atom stereocenters. The summed E-state index contributed by atoms with van der Waals surface area (Å²) >= 11 is 0. The summed E-state index contributed by atoms with van der Waals surface area (Å²) < 4.78 is 30.7. The molecule has 3 heterocycles. The Labute approximate surface area is 128 Å². The third-order valence-electron chi connectivity index (χ3n) is 4.02. The van der Waals surface area contributed by atoms with E-state index in [9.17, 15) is 13.7 Å². The van der Waals surface area contributed by atoms with Gasteiger partial charge in [-0.3, -0.25) is 0 Å². The number of nitrogens with zero attached hydrogens (tertiary/aromatic N) is 4. The number of fused-ring (bicyclic) bond motifs is 1. The first-order chi connectivity index (χ1) is 10.5. The summed E-state index contributed by atoms with van der Waals surface area (Å²) in [6.07, 6.45) is 3.44. The molecule has 2 aromatic rings. The zero-order chi connectivity index (χ0) is 15.9. The predicted molar refractivity (Wildman–Crippen MR) is 79.0 cm³/mol. The van der Waals surface area contributed by atoms with Crippen molar-refractivity contribution < 1.29 is 13.2 Å². The molecule has 0 saturated carbocycles. The van der Waals surface area contributed by atoms with E-state index in [0.29, 0.717) is 29.9 Å². The second-order valence-corrected chi connectivity index (χ2v) is 7.40. The molecule has 1 fully saturated rings. The van der Waals surface area contributed by atoms with Crippen LogP contribution in [0.15, 0.2) is 17.4 Å². The van der Waals surface area contributed by atoms with Crippen LogP contribution in [-0.4, -0.2) is 42.4 Å². The minimum Gasteiger partial charge on any atom is -0.379 e. The van der Waals surface area contributed by atoms with Gasteiger partial charge in [0.1, 0.15) is 17.4 Å². The molecule has 0 aromatic carbocycles. The molecule has 0 aliphatic carbocycles. The van der Waals surface area contributed by atoms with Gasteiger partial charge >= 0.3 is 0 Å². The number of rotatable bonds is 3. The van der Waals surface area contributed by atoms with Crippen molar-refractivity contribution in [1.29, 1.82) is 5.26 Å². The van der Waals surface area contributed by atoms with Gasteiger partial charge in [0.25, 0.3) is 0 Å². The molecule has 1 aliphatic heterocycles. The Morgan fingerprint density at radius 2 is 2.27 bits per heavy atom. The number of sulfone groups is 1. The van der Waals surface area contributed by atoms with Crippen molar-refractivity contribution >= 4 is 20.9 Å². The number of hydrogen-bond acceptors (Lipinski definition) is 6. The lowest BCUT2D eigenvalue weighted by Gasteiger charge is -2.19. The highest BCUT2D eigenvalue weighted by Gasteiger charge is 2.31. The van der Waals surface area contributed by atoms with Crippen LogP contribution in [0.4, 0.5) is 0 Å². The van der Waals surface area contributed by atoms with Gasteiger partial charge < -0.3 is 9.30 Å². The van der Waals surface area contributed by atoms with Crippen molar-refractivity contribution in [2.75, 3.05) is 19.5 Å². The summed E-state index contributed by atoms with van der Waals surface area (Å²) in [7, 11) is -3.50. The van der Waals surface area contributed by atoms with E-state index in [4.69, 9.17) is 4.74 Å². The van der Waals surface area contributed by atoms with Gasteiger partial charge in [0.05, 0.1) is 19.3 Å². The summed E-state index contributed by atoms with van der Waals surface area (Å²) in [6.45, 7) is 3.20. The van der Waals surface area contributed by atoms with Crippen molar-refractivity contribution in [3.8, 4) is 6.07 Å². The van der Waals surface area contributed by atoms with Crippen LogP contribution in [0, 0.1) is 17.2 Å². The van der Waals surface area contributed by atoms with Crippen LogP contribution < -0.4 is 0 Å². The van der Waals surface area contributed by atoms with Crippen LogP contribution >= 0.6 is 0 Å². The lowest BCUT2D eigenvalue weighted by atomic mass is 10.0. The maximum Gasteiger partial charge on any atom is 0.248 e. The maximum absolute atomic E-state index is 11.7. The van der Waals surface area contributed by atoms with Gasteiger partial charge in [0, 0.05) is 23.8 Å². The minimum absolute atomic E-state index is 0.0144. The highest BCUT2D eigenvalue weighted by atomic mass is 32.2. The Balaban J connectivity index is 2.25. The van der Waals surface area contributed by atoms with E-state index >= 15 is 0 Å². The van der Waals surface area contributed by atoms with Crippen molar-refractivity contribution in [2.45, 2.75) is 24.5 Å². The van der Waals surface area contributed by atoms with Crippen LogP contribution in [0.2, 0.25) is 0 Å². The van der Waals surface area contributed by atoms with Crippen molar-refractivity contribution in [2.24, 2.45) is 5.92 Å². The van der Waals surface area contributed by atoms with Crippen LogP contribution in [0.5, 0.6) is 0 Å². The molecule has 1 aliphatic rings. The first-order valence-corrected chi connectivity index (χ1v) is 8.90. The van der Waals surface area contributed by atoms with Gasteiger partial charge in [-0.15, -0.1) is 0 Å². The molecule has 22 heavy (non-hydrogen) atoms. The normalized spacial score (nSPS) is 22.0. The quantitative estimate of drug-likeness (QED) is 0.791. The average Bonchev–Trinajstić information content (AvgIpc) is 3.08. The van der Waals surface area contributed by atoms with E-state index in [-0.39, 0.29) is 17.1 Å². The summed E-state index contributed by atoms with van der Waals surface area (Å²) in [6, 6.07) is 3.83. The Bertz CT molecular complexity index is 866. The lowest BCUT2D eigenvalue weighted by Crippen LogP contribution is -2.19. The van der Waals surface area contributed by atoms with Crippen molar-refractivity contribution in [1.82, 2.24) is 14.5 Å². The molecule has 0 bridgehead atoms. The maximum atomic E-state index is 11.7. The van der Waals surface area contributed by atoms with Gasteiger partial charge in [0.2, 0.25) is 15.0 Å². The van der Waals surface area contributed by atoms with E-state index < -0.39 is 9.84 Å². The van der Waals surface area contributed by atoms with Gasteiger partial charge in [0.15, 0.2) is 0 Å². The second-order valence-electron chi connectivity index (χ2n) is 5.49. The van der Waals surface area contributed by atoms with Crippen LogP contribution in [0.25, 0.3) is 11.0 Å². The Morgan fingerprint density at radius 1 is 1.50 bits per heavy atom. The Morgan fingerprint density at radius 3 is 2.91 bits per heavy atom. The zero-order valence-corrected chi connectivity index (χ0v) is 13.2. The fraction of sp³-hybridized carbons (Fsp3) is 0.500. The van der Waals surface area contributed by atoms with E-state index in [0.717, 1.165) is 12.7 Å². The molecule has 1 saturated heterocycles. The van der Waals surface area contributed by atoms with Gasteiger partial charge in [-0.1, -0.05) is 6.92 Å². The first-order valence-electron chi connectivity index (χ1n) is 7.01. The van der Waals surface area contributed by atoms with Gasteiger partial charge in [-0.05, 0) is 12.5 Å². The van der Waals surface area contributed by atoms with E-state index in [1.165, 1.54) is 6.20 Å². The molecule has 116 valence electrons. The highest BCUT2D eigenvalue weighted by molar-refractivity contribution is 7.90. The van der Waals surface area contributed by atoms with E-state index in [1.807, 2.05) is 0 Å². The highest BCUT2D eigenvalue weighted by Crippen LogP contribution is 2.33. The van der Waals surface area contributed by atoms with Gasteiger partial charge in [-0.2, -0.15) is 10.2 Å². The predicted octanol–water partition coefficient (Wildman–Crippen LogP) is 1.30. The first kappa shape index (κ1) is 14.9. The standard InChI is InChI=1S/C14H16N4O3S/c1-3-9-7-21-8-12(9)18-11(5-15)4-10-6-16-14(17-13(10)18)22(2,19)20/h4,6,9,12H,3,7-8H2,1-2H3/t9-,12+/m1/s1. The number of nitriles is 1. The number of ether oxygens (including phenoxy) is 1. The summed E-state index contributed by atoms with van der Waals surface area (Å²) in [4.78, 5) is 8.07. The van der Waals surface area contributed by atoms with Crippen LogP contribution in [0.1, 0.15) is 25.1 Å². The Kier molecular flexibility index (Phi) is 3.62. The minimum atomic E-state index is -3.50. The van der Waals surface area contributed by atoms with Crippen LogP contribution in [0.3, 0.4) is 0 Å². The fourth-order valence-electron chi connectivity index (χ4n) is 2.86. The average molecular weight is 320 g/mol. The summed E-state index contributed by atoms with van der Waals surface area (Å²) in [5.74, 6) is 0.277. The molecule has 0 amide bonds. The smallest absolute Gasteiger partial charge is 0.248 e. The molecular weight excluding hydrogens is 304 g/mol.